The summed E-state index contributed by atoms with van der Waals surface area (Å²) in [5.41, 5.74) is 9.87. The number of hydrogen-bond acceptors (Lipinski definition) is 5. The fraction of sp³-hybridized carbons (Fsp3) is 0.263. The molecule has 0 aromatic heterocycles. The molecule has 1 fully saturated rings. The zero-order valence-electron chi connectivity index (χ0n) is 25.4. The molecular formula is C38H38N4OS. The molecule has 0 radical (unpaired) electrons. The molecule has 2 atom stereocenters. The van der Waals surface area contributed by atoms with Gasteiger partial charge in [0.1, 0.15) is 0 Å². The van der Waals surface area contributed by atoms with E-state index in [2.05, 4.69) is 126 Å². The average Bonchev–Trinajstić information content (AvgIpc) is 3.41. The molecule has 0 unspecified atom stereocenters. The first-order valence-electron chi connectivity index (χ1n) is 15.8. The summed E-state index contributed by atoms with van der Waals surface area (Å²) >= 11 is 1.42. The molecule has 3 aliphatic heterocycles. The van der Waals surface area contributed by atoms with Crippen molar-refractivity contribution >= 4 is 46.0 Å². The normalized spacial score (nSPS) is 21.0. The van der Waals surface area contributed by atoms with Gasteiger partial charge in [-0.15, -0.1) is 0 Å². The molecule has 3 aliphatic rings. The first-order chi connectivity index (χ1) is 21.6. The van der Waals surface area contributed by atoms with Gasteiger partial charge in [0.15, 0.2) is 5.17 Å². The number of carbonyl (C=O) groups excluding carboxylic acids is 1. The van der Waals surface area contributed by atoms with Crippen LogP contribution in [0.5, 0.6) is 0 Å². The molecule has 3 heterocycles. The highest BCUT2D eigenvalue weighted by Crippen LogP contribution is 2.50. The van der Waals surface area contributed by atoms with Gasteiger partial charge in [-0.3, -0.25) is 4.79 Å². The van der Waals surface area contributed by atoms with Gasteiger partial charge < -0.3 is 15.1 Å². The maximum atomic E-state index is 13.0. The Bertz CT molecular complexity index is 1640. The van der Waals surface area contributed by atoms with E-state index in [-0.39, 0.29) is 5.91 Å². The van der Waals surface area contributed by atoms with Crippen LogP contribution in [0.1, 0.15) is 66.3 Å². The Morgan fingerprint density at radius 3 is 1.95 bits per heavy atom. The highest BCUT2D eigenvalue weighted by atomic mass is 32.2. The van der Waals surface area contributed by atoms with Gasteiger partial charge in [0.2, 0.25) is 0 Å². The lowest BCUT2D eigenvalue weighted by atomic mass is 9.76. The van der Waals surface area contributed by atoms with Crippen molar-refractivity contribution in [3.63, 3.8) is 0 Å². The molecule has 6 heteroatoms. The van der Waals surface area contributed by atoms with Crippen molar-refractivity contribution in [2.45, 2.75) is 38.5 Å². The van der Waals surface area contributed by atoms with Crippen LogP contribution in [-0.2, 0) is 4.79 Å². The van der Waals surface area contributed by atoms with Crippen molar-refractivity contribution in [2.24, 2.45) is 4.99 Å². The van der Waals surface area contributed by atoms with Crippen molar-refractivity contribution in [1.29, 1.82) is 0 Å². The summed E-state index contributed by atoms with van der Waals surface area (Å²) in [4.78, 5) is 23.7. The third kappa shape index (κ3) is 5.55. The van der Waals surface area contributed by atoms with E-state index in [4.69, 9.17) is 4.99 Å². The molecule has 0 bridgehead atoms. The Morgan fingerprint density at radius 1 is 0.841 bits per heavy atom. The second-order valence-electron chi connectivity index (χ2n) is 11.7. The number of benzene rings is 4. The molecule has 0 aliphatic carbocycles. The Kier molecular flexibility index (Phi) is 8.01. The fourth-order valence-corrected chi connectivity index (χ4v) is 7.87. The standard InChI is InChI=1S/C38H38N4OS/c1-3-41(4-2)30-17-15-26(16-18-30)23-35-37(43)40-38(44-35)39-29-24-33-31(27-11-7-5-8-12-27)19-21-42-22-20-32(34(25-29)36(33)42)28-13-9-6-10-14-28/h5-18,23-25,31-32H,3-4,19-22H2,1-2H3,(H,39,40,43)/b35-23-/t31-,32-/m1/s1. The van der Waals surface area contributed by atoms with Gasteiger partial charge in [-0.1, -0.05) is 72.8 Å². The molecule has 1 amide bonds. The molecule has 0 saturated carbocycles. The van der Waals surface area contributed by atoms with Gasteiger partial charge in [0.05, 0.1) is 10.6 Å². The number of amides is 1. The van der Waals surface area contributed by atoms with Crippen molar-refractivity contribution in [1.82, 2.24) is 5.32 Å². The average molecular weight is 599 g/mol. The van der Waals surface area contributed by atoms with Crippen molar-refractivity contribution in [2.75, 3.05) is 36.0 Å². The van der Waals surface area contributed by atoms with Crippen molar-refractivity contribution < 1.29 is 4.79 Å². The minimum Gasteiger partial charge on any atom is -0.372 e. The van der Waals surface area contributed by atoms with E-state index in [9.17, 15) is 4.79 Å². The van der Waals surface area contributed by atoms with Gasteiger partial charge in [-0.25, -0.2) is 4.99 Å². The SMILES string of the molecule is CCN(CC)c1ccc(/C=C2\SC(=Nc3cc4c5c(c3)[C@@H](c3ccccc3)CCN5CC[C@@H]4c3ccccc3)NC2=O)cc1. The molecule has 222 valence electrons. The minimum atomic E-state index is -0.101. The number of rotatable bonds is 7. The highest BCUT2D eigenvalue weighted by molar-refractivity contribution is 8.18. The van der Waals surface area contributed by atoms with E-state index in [0.29, 0.717) is 21.9 Å². The summed E-state index contributed by atoms with van der Waals surface area (Å²) in [6.07, 6.45) is 4.12. The second kappa shape index (κ2) is 12.4. The van der Waals surface area contributed by atoms with E-state index in [1.807, 2.05) is 6.08 Å². The minimum absolute atomic E-state index is 0.101. The monoisotopic (exact) mass is 598 g/mol. The topological polar surface area (TPSA) is 47.9 Å². The molecule has 4 aromatic carbocycles. The molecule has 5 nitrogen and oxygen atoms in total. The van der Waals surface area contributed by atoms with Gasteiger partial charge >= 0.3 is 0 Å². The van der Waals surface area contributed by atoms with Crippen molar-refractivity contribution in [3.05, 3.63) is 130 Å². The Morgan fingerprint density at radius 2 is 1.41 bits per heavy atom. The van der Waals surface area contributed by atoms with Crippen LogP contribution in [0.2, 0.25) is 0 Å². The third-order valence-corrected chi connectivity index (χ3v) is 10.1. The fourth-order valence-electron chi connectivity index (χ4n) is 7.02. The van der Waals surface area contributed by atoms with E-state index >= 15 is 0 Å². The van der Waals surface area contributed by atoms with Crippen LogP contribution in [0.4, 0.5) is 17.1 Å². The zero-order chi connectivity index (χ0) is 30.0. The van der Waals surface area contributed by atoms with E-state index < -0.39 is 0 Å². The molecule has 1 N–H and O–H groups in total. The number of carbonyl (C=O) groups is 1. The van der Waals surface area contributed by atoms with Gasteiger partial charge in [0, 0.05) is 49.4 Å². The smallest absolute Gasteiger partial charge is 0.264 e. The van der Waals surface area contributed by atoms with Crippen LogP contribution in [0.25, 0.3) is 6.08 Å². The molecule has 0 spiro atoms. The zero-order valence-corrected chi connectivity index (χ0v) is 26.2. The third-order valence-electron chi connectivity index (χ3n) is 9.20. The predicted molar refractivity (Wildman–Crippen MR) is 185 cm³/mol. The summed E-state index contributed by atoms with van der Waals surface area (Å²) in [6.45, 7) is 8.38. The first-order valence-corrected chi connectivity index (χ1v) is 16.6. The number of hydrogen-bond donors (Lipinski definition) is 1. The van der Waals surface area contributed by atoms with Crippen molar-refractivity contribution in [3.8, 4) is 0 Å². The number of thioether (sulfide) groups is 1. The quantitative estimate of drug-likeness (QED) is 0.218. The number of anilines is 2. The Hall–Kier alpha value is -4.29. The van der Waals surface area contributed by atoms with E-state index in [1.165, 1.54) is 45.4 Å². The highest BCUT2D eigenvalue weighted by Gasteiger charge is 2.35. The summed E-state index contributed by atoms with van der Waals surface area (Å²) in [7, 11) is 0. The first kappa shape index (κ1) is 28.5. The summed E-state index contributed by atoms with van der Waals surface area (Å²) in [5, 5.41) is 3.66. The number of nitrogens with one attached hydrogen (secondary N) is 1. The number of nitrogens with zero attached hydrogens (tertiary/aromatic N) is 3. The number of aliphatic imine (C=N–C) groups is 1. The maximum absolute atomic E-state index is 13.0. The lowest BCUT2D eigenvalue weighted by Gasteiger charge is -2.43. The lowest BCUT2D eigenvalue weighted by molar-refractivity contribution is -0.115. The van der Waals surface area contributed by atoms with Crippen LogP contribution in [0, 0.1) is 0 Å². The molecular weight excluding hydrogens is 561 g/mol. The number of amidine groups is 1. The summed E-state index contributed by atoms with van der Waals surface area (Å²) < 4.78 is 0. The van der Waals surface area contributed by atoms with E-state index in [0.717, 1.165) is 50.3 Å². The molecule has 44 heavy (non-hydrogen) atoms. The summed E-state index contributed by atoms with van der Waals surface area (Å²) in [5.74, 6) is 0.532. The van der Waals surface area contributed by atoms with Gasteiger partial charge in [0.25, 0.3) is 5.91 Å². The Labute approximate surface area is 264 Å². The van der Waals surface area contributed by atoms with Crippen LogP contribution in [-0.4, -0.2) is 37.3 Å². The van der Waals surface area contributed by atoms with Crippen LogP contribution >= 0.6 is 11.8 Å². The summed E-state index contributed by atoms with van der Waals surface area (Å²) in [6, 6.07) is 34.7. The maximum Gasteiger partial charge on any atom is 0.264 e. The molecule has 7 rings (SSSR count). The van der Waals surface area contributed by atoms with Gasteiger partial charge in [-0.05, 0) is 96.6 Å². The van der Waals surface area contributed by atoms with Gasteiger partial charge in [-0.2, -0.15) is 0 Å². The molecule has 1 saturated heterocycles. The Balaban J connectivity index is 1.25. The predicted octanol–water partition coefficient (Wildman–Crippen LogP) is 8.30. The van der Waals surface area contributed by atoms with Crippen LogP contribution in [0.15, 0.2) is 107 Å². The van der Waals surface area contributed by atoms with E-state index in [1.54, 1.807) is 0 Å². The largest absolute Gasteiger partial charge is 0.372 e. The van der Waals surface area contributed by atoms with Crippen LogP contribution < -0.4 is 15.1 Å². The van der Waals surface area contributed by atoms with Crippen LogP contribution in [0.3, 0.4) is 0 Å². The molecule has 4 aromatic rings. The lowest BCUT2D eigenvalue weighted by Crippen LogP contribution is -2.37. The second-order valence-corrected chi connectivity index (χ2v) is 12.7.